The summed E-state index contributed by atoms with van der Waals surface area (Å²) >= 11 is 0. The quantitative estimate of drug-likeness (QED) is 0.501. The number of amides is 1. The van der Waals surface area contributed by atoms with E-state index in [2.05, 4.69) is 10.5 Å². The molecule has 0 bridgehead atoms. The largest absolute Gasteiger partial charge is 0.508 e. The number of carbonyl (C=O) groups excluding carboxylic acids is 1. The molecule has 1 heterocycles. The molecule has 1 aliphatic heterocycles. The number of rotatable bonds is 4. The minimum Gasteiger partial charge on any atom is -0.508 e. The van der Waals surface area contributed by atoms with E-state index in [9.17, 15) is 20.0 Å². The van der Waals surface area contributed by atoms with Crippen LogP contribution >= 0.6 is 0 Å². The Morgan fingerprint density at radius 2 is 1.92 bits per heavy atom. The van der Waals surface area contributed by atoms with Gasteiger partial charge in [0.05, 0.1) is 22.8 Å². The first kappa shape index (κ1) is 15.3. The van der Waals surface area contributed by atoms with Crippen molar-refractivity contribution in [2.75, 3.05) is 6.79 Å². The number of nitrogens with zero attached hydrogens (tertiary/aromatic N) is 2. The van der Waals surface area contributed by atoms with Crippen molar-refractivity contribution in [1.29, 1.82) is 0 Å². The van der Waals surface area contributed by atoms with Crippen molar-refractivity contribution in [1.82, 2.24) is 5.43 Å². The molecule has 9 heteroatoms. The number of hydrazone groups is 1. The van der Waals surface area contributed by atoms with E-state index in [1.165, 1.54) is 36.4 Å². The Hall–Kier alpha value is -3.62. The summed E-state index contributed by atoms with van der Waals surface area (Å²) in [7, 11) is 0. The van der Waals surface area contributed by atoms with Crippen LogP contribution in [0.25, 0.3) is 0 Å². The summed E-state index contributed by atoms with van der Waals surface area (Å²) < 4.78 is 10.3. The van der Waals surface area contributed by atoms with Crippen LogP contribution in [-0.2, 0) is 0 Å². The molecule has 0 spiro atoms. The van der Waals surface area contributed by atoms with Gasteiger partial charge < -0.3 is 14.6 Å². The molecule has 0 aliphatic carbocycles. The van der Waals surface area contributed by atoms with Crippen LogP contribution in [0.3, 0.4) is 0 Å². The van der Waals surface area contributed by atoms with Crippen LogP contribution in [0.15, 0.2) is 41.5 Å². The summed E-state index contributed by atoms with van der Waals surface area (Å²) in [6, 6.07) is 8.22. The summed E-state index contributed by atoms with van der Waals surface area (Å²) in [4.78, 5) is 22.4. The third-order valence-electron chi connectivity index (χ3n) is 3.22. The lowest BCUT2D eigenvalue weighted by Crippen LogP contribution is -2.17. The van der Waals surface area contributed by atoms with Crippen molar-refractivity contribution >= 4 is 17.8 Å². The van der Waals surface area contributed by atoms with Crippen LogP contribution in [0.4, 0.5) is 5.69 Å². The highest BCUT2D eigenvalue weighted by molar-refractivity contribution is 5.95. The Balaban J connectivity index is 1.78. The van der Waals surface area contributed by atoms with Gasteiger partial charge in [0.15, 0.2) is 11.5 Å². The lowest BCUT2D eigenvalue weighted by atomic mass is 10.1. The number of nitro benzene ring substituents is 1. The molecular weight excluding hydrogens is 318 g/mol. The van der Waals surface area contributed by atoms with E-state index in [-0.39, 0.29) is 35.1 Å². The minimum absolute atomic E-state index is 0.00925. The summed E-state index contributed by atoms with van der Waals surface area (Å²) in [6.45, 7) is -0.00925. The topological polar surface area (TPSA) is 123 Å². The van der Waals surface area contributed by atoms with Gasteiger partial charge in [-0.1, -0.05) is 0 Å². The Morgan fingerprint density at radius 3 is 2.58 bits per heavy atom. The lowest BCUT2D eigenvalue weighted by Gasteiger charge is -2.02. The van der Waals surface area contributed by atoms with Crippen LogP contribution in [0.2, 0.25) is 0 Å². The minimum atomic E-state index is -0.578. The van der Waals surface area contributed by atoms with E-state index in [1.807, 2.05) is 0 Å². The number of carbonyl (C=O) groups is 1. The van der Waals surface area contributed by atoms with E-state index < -0.39 is 10.8 Å². The predicted octanol–water partition coefficient (Wildman–Crippen LogP) is 1.79. The predicted molar refractivity (Wildman–Crippen MR) is 82.4 cm³/mol. The maximum atomic E-state index is 11.9. The third kappa shape index (κ3) is 3.09. The summed E-state index contributed by atoms with van der Waals surface area (Å²) in [5.41, 5.74) is 2.48. The number of nitro groups is 1. The second-order valence-corrected chi connectivity index (χ2v) is 4.77. The Bertz CT molecular complexity index is 832. The third-order valence-corrected chi connectivity index (χ3v) is 3.22. The Labute approximate surface area is 135 Å². The highest BCUT2D eigenvalue weighted by Gasteiger charge is 2.22. The van der Waals surface area contributed by atoms with E-state index in [0.29, 0.717) is 5.75 Å². The summed E-state index contributed by atoms with van der Waals surface area (Å²) in [5.74, 6) is 0.166. The number of benzene rings is 2. The van der Waals surface area contributed by atoms with Crippen molar-refractivity contribution < 1.29 is 24.3 Å². The molecule has 0 atom stereocenters. The molecule has 9 nitrogen and oxygen atoms in total. The van der Waals surface area contributed by atoms with Gasteiger partial charge in [-0.25, -0.2) is 5.43 Å². The molecule has 1 aliphatic rings. The molecule has 0 fully saturated rings. The molecule has 0 aromatic heterocycles. The molecule has 2 N–H and O–H groups in total. The number of nitrogens with one attached hydrogen (secondary N) is 1. The Morgan fingerprint density at radius 1 is 1.25 bits per heavy atom. The lowest BCUT2D eigenvalue weighted by molar-refractivity contribution is -0.385. The van der Waals surface area contributed by atoms with Crippen molar-refractivity contribution in [2.24, 2.45) is 5.10 Å². The van der Waals surface area contributed by atoms with Gasteiger partial charge in [-0.05, 0) is 30.3 Å². The average Bonchev–Trinajstić information content (AvgIpc) is 3.01. The first-order valence-corrected chi connectivity index (χ1v) is 6.75. The summed E-state index contributed by atoms with van der Waals surface area (Å²) in [5, 5.41) is 24.0. The van der Waals surface area contributed by atoms with Crippen molar-refractivity contribution in [2.45, 2.75) is 0 Å². The maximum absolute atomic E-state index is 11.9. The van der Waals surface area contributed by atoms with Crippen molar-refractivity contribution in [3.63, 3.8) is 0 Å². The van der Waals surface area contributed by atoms with Crippen LogP contribution in [-0.4, -0.2) is 28.9 Å². The number of hydrogen-bond donors (Lipinski definition) is 2. The molecule has 1 amide bonds. The molecule has 24 heavy (non-hydrogen) atoms. The Kier molecular flexibility index (Phi) is 3.98. The first-order chi connectivity index (χ1) is 11.5. The van der Waals surface area contributed by atoms with Gasteiger partial charge in [0.2, 0.25) is 6.79 Å². The number of hydrogen-bond acceptors (Lipinski definition) is 7. The van der Waals surface area contributed by atoms with Crippen molar-refractivity contribution in [3.8, 4) is 17.2 Å². The van der Waals surface area contributed by atoms with Crippen LogP contribution < -0.4 is 14.9 Å². The van der Waals surface area contributed by atoms with E-state index >= 15 is 0 Å². The smallest absolute Gasteiger partial charge is 0.282 e. The van der Waals surface area contributed by atoms with E-state index in [1.54, 1.807) is 0 Å². The number of fused-ring (bicyclic) bond motifs is 1. The number of aromatic hydroxyl groups is 1. The summed E-state index contributed by atoms with van der Waals surface area (Å²) in [6.07, 6.45) is 1.15. The SMILES string of the molecule is O=C(N/N=C/c1cc2c(cc1[N+](=O)[O-])OCO2)c1ccc(O)cc1. The molecule has 0 saturated carbocycles. The van der Waals surface area contributed by atoms with E-state index in [0.717, 1.165) is 6.21 Å². The zero-order valence-electron chi connectivity index (χ0n) is 12.1. The normalized spacial score (nSPS) is 12.3. The molecule has 0 saturated heterocycles. The standard InChI is InChI=1S/C15H11N3O6/c19-11-3-1-9(2-4-11)15(20)17-16-7-10-5-13-14(24-8-23-13)6-12(10)18(21)22/h1-7,19H,8H2,(H,17,20)/b16-7+. The maximum Gasteiger partial charge on any atom is 0.282 e. The van der Waals surface area contributed by atoms with Gasteiger partial charge in [-0.2, -0.15) is 5.10 Å². The fourth-order valence-corrected chi connectivity index (χ4v) is 2.05. The highest BCUT2D eigenvalue weighted by atomic mass is 16.7. The number of ether oxygens (including phenoxy) is 2. The highest BCUT2D eigenvalue weighted by Crippen LogP contribution is 2.37. The van der Waals surface area contributed by atoms with Gasteiger partial charge in [0, 0.05) is 5.56 Å². The monoisotopic (exact) mass is 329 g/mol. The first-order valence-electron chi connectivity index (χ1n) is 6.75. The molecular formula is C15H11N3O6. The van der Waals surface area contributed by atoms with Crippen LogP contribution in [0.5, 0.6) is 17.2 Å². The second kappa shape index (κ2) is 6.24. The van der Waals surface area contributed by atoms with Gasteiger partial charge >= 0.3 is 0 Å². The van der Waals surface area contributed by atoms with Gasteiger partial charge in [0.1, 0.15) is 5.75 Å². The molecule has 2 aromatic carbocycles. The number of phenols is 1. The zero-order valence-corrected chi connectivity index (χ0v) is 12.1. The fraction of sp³-hybridized carbons (Fsp3) is 0.0667. The average molecular weight is 329 g/mol. The molecule has 2 aromatic rings. The van der Waals surface area contributed by atoms with Crippen molar-refractivity contribution in [3.05, 3.63) is 57.6 Å². The molecule has 0 radical (unpaired) electrons. The van der Waals surface area contributed by atoms with E-state index in [4.69, 9.17) is 9.47 Å². The fourth-order valence-electron chi connectivity index (χ4n) is 2.05. The van der Waals surface area contributed by atoms with Crippen LogP contribution in [0.1, 0.15) is 15.9 Å². The second-order valence-electron chi connectivity index (χ2n) is 4.77. The van der Waals surface area contributed by atoms with Gasteiger partial charge in [-0.15, -0.1) is 0 Å². The number of phenolic OH excluding ortho intramolecular Hbond substituents is 1. The molecule has 3 rings (SSSR count). The van der Waals surface area contributed by atoms with Gasteiger partial charge in [0.25, 0.3) is 11.6 Å². The molecule has 122 valence electrons. The van der Waals surface area contributed by atoms with Gasteiger partial charge in [-0.3, -0.25) is 14.9 Å². The molecule has 0 unspecified atom stereocenters. The van der Waals surface area contributed by atoms with Crippen LogP contribution in [0, 0.1) is 10.1 Å². The zero-order chi connectivity index (χ0) is 17.1.